The lowest BCUT2D eigenvalue weighted by atomic mass is 10.1. The molecule has 0 aromatic carbocycles. The molecule has 0 bridgehead atoms. The molecule has 1 saturated heterocycles. The number of pyridine rings is 1. The Bertz CT molecular complexity index is 733. The zero-order valence-corrected chi connectivity index (χ0v) is 14.5. The molecule has 0 unspecified atom stereocenters. The first-order valence-corrected chi connectivity index (χ1v) is 8.16. The summed E-state index contributed by atoms with van der Waals surface area (Å²) in [4.78, 5) is 19.0. The number of nitrogens with zero attached hydrogens (tertiary/aromatic N) is 4. The normalized spacial score (nSPS) is 20.2. The Balaban J connectivity index is 1.79. The Kier molecular flexibility index (Phi) is 5.30. The van der Waals surface area contributed by atoms with Gasteiger partial charge in [0.15, 0.2) is 0 Å². The Morgan fingerprint density at radius 1 is 1.40 bits per heavy atom. The maximum atomic E-state index is 13.0. The second-order valence-electron chi connectivity index (χ2n) is 6.18. The van der Waals surface area contributed by atoms with E-state index < -0.39 is 0 Å². The molecular formula is C17H23N5O3. The summed E-state index contributed by atoms with van der Waals surface area (Å²) in [6.07, 6.45) is 5.88. The standard InChI is InChI=1S/C17H23N5O3/c1-24-11-12-5-13(8-19-7-12)17(23)22-10-15(25-2)6-14(22)9-21-4-3-16(18)20-21/h3-5,7-8,14-15H,6,9-11H2,1-2H3,(H2,18,20)/t14-,15-/m0/s1. The van der Waals surface area contributed by atoms with Gasteiger partial charge in [-0.2, -0.15) is 5.10 Å². The topological polar surface area (TPSA) is 95.5 Å². The zero-order chi connectivity index (χ0) is 17.8. The highest BCUT2D eigenvalue weighted by molar-refractivity contribution is 5.94. The van der Waals surface area contributed by atoms with Gasteiger partial charge in [-0.05, 0) is 24.1 Å². The minimum Gasteiger partial charge on any atom is -0.382 e. The third kappa shape index (κ3) is 3.97. The van der Waals surface area contributed by atoms with Crippen LogP contribution in [0.5, 0.6) is 0 Å². The number of methoxy groups -OCH3 is 2. The summed E-state index contributed by atoms with van der Waals surface area (Å²) in [6, 6.07) is 3.55. The summed E-state index contributed by atoms with van der Waals surface area (Å²) in [5.74, 6) is 0.408. The molecule has 2 N–H and O–H groups in total. The molecule has 3 rings (SSSR count). The van der Waals surface area contributed by atoms with Crippen molar-refractivity contribution in [2.75, 3.05) is 26.5 Å². The molecule has 0 aliphatic carbocycles. The second-order valence-corrected chi connectivity index (χ2v) is 6.18. The van der Waals surface area contributed by atoms with Gasteiger partial charge in [-0.15, -0.1) is 0 Å². The number of hydrogen-bond acceptors (Lipinski definition) is 6. The summed E-state index contributed by atoms with van der Waals surface area (Å²) in [5, 5.41) is 4.22. The number of likely N-dealkylation sites (tertiary alicyclic amines) is 1. The molecular weight excluding hydrogens is 322 g/mol. The van der Waals surface area contributed by atoms with Crippen LogP contribution >= 0.6 is 0 Å². The van der Waals surface area contributed by atoms with Crippen LogP contribution in [0.1, 0.15) is 22.3 Å². The number of rotatable bonds is 6. The maximum Gasteiger partial charge on any atom is 0.255 e. The van der Waals surface area contributed by atoms with Crippen molar-refractivity contribution in [3.05, 3.63) is 41.9 Å². The van der Waals surface area contributed by atoms with Crippen LogP contribution in [-0.2, 0) is 22.6 Å². The van der Waals surface area contributed by atoms with E-state index in [9.17, 15) is 4.79 Å². The van der Waals surface area contributed by atoms with Crippen LogP contribution < -0.4 is 5.73 Å². The van der Waals surface area contributed by atoms with Gasteiger partial charge in [0.05, 0.1) is 30.9 Å². The van der Waals surface area contributed by atoms with Crippen molar-refractivity contribution in [2.45, 2.75) is 31.7 Å². The van der Waals surface area contributed by atoms with Gasteiger partial charge in [0.25, 0.3) is 5.91 Å². The molecule has 3 heterocycles. The molecule has 0 spiro atoms. The number of nitrogen functional groups attached to an aromatic ring is 1. The summed E-state index contributed by atoms with van der Waals surface area (Å²) >= 11 is 0. The largest absolute Gasteiger partial charge is 0.382 e. The summed E-state index contributed by atoms with van der Waals surface area (Å²) in [7, 11) is 3.28. The first-order valence-electron chi connectivity index (χ1n) is 8.16. The summed E-state index contributed by atoms with van der Waals surface area (Å²) in [5.41, 5.74) is 7.10. The number of ether oxygens (including phenoxy) is 2. The van der Waals surface area contributed by atoms with E-state index in [-0.39, 0.29) is 18.1 Å². The fourth-order valence-corrected chi connectivity index (χ4v) is 3.18. The van der Waals surface area contributed by atoms with E-state index in [1.165, 1.54) is 0 Å². The van der Waals surface area contributed by atoms with E-state index >= 15 is 0 Å². The quantitative estimate of drug-likeness (QED) is 0.837. The molecule has 1 aliphatic rings. The van der Waals surface area contributed by atoms with Crippen molar-refractivity contribution in [3.63, 3.8) is 0 Å². The van der Waals surface area contributed by atoms with Gasteiger partial charge in [-0.3, -0.25) is 14.5 Å². The fourth-order valence-electron chi connectivity index (χ4n) is 3.18. The average Bonchev–Trinajstić information content (AvgIpc) is 3.21. The van der Waals surface area contributed by atoms with Crippen molar-refractivity contribution >= 4 is 11.7 Å². The van der Waals surface area contributed by atoms with Gasteiger partial charge in [-0.25, -0.2) is 0 Å². The Morgan fingerprint density at radius 3 is 2.92 bits per heavy atom. The molecule has 2 aromatic heterocycles. The van der Waals surface area contributed by atoms with E-state index in [1.807, 2.05) is 17.2 Å². The minimum atomic E-state index is -0.0601. The Labute approximate surface area is 146 Å². The number of carbonyl (C=O) groups excluding carboxylic acids is 1. The van der Waals surface area contributed by atoms with Crippen LogP contribution in [0, 0.1) is 0 Å². The molecule has 2 atom stereocenters. The maximum absolute atomic E-state index is 13.0. The fraction of sp³-hybridized carbons (Fsp3) is 0.471. The molecule has 1 aliphatic heterocycles. The predicted octanol–water partition coefficient (Wildman–Crippen LogP) is 0.936. The Hall–Kier alpha value is -2.45. The smallest absolute Gasteiger partial charge is 0.255 e. The van der Waals surface area contributed by atoms with Crippen LogP contribution in [0.2, 0.25) is 0 Å². The first kappa shape index (κ1) is 17.4. The van der Waals surface area contributed by atoms with Crippen molar-refractivity contribution in [2.24, 2.45) is 0 Å². The summed E-state index contributed by atoms with van der Waals surface area (Å²) < 4.78 is 12.4. The first-order chi connectivity index (χ1) is 12.1. The molecule has 2 aromatic rings. The third-order valence-electron chi connectivity index (χ3n) is 4.38. The monoisotopic (exact) mass is 345 g/mol. The van der Waals surface area contributed by atoms with Crippen LogP contribution in [-0.4, -0.2) is 58.5 Å². The van der Waals surface area contributed by atoms with Gasteiger partial charge in [0.2, 0.25) is 0 Å². The van der Waals surface area contributed by atoms with Crippen LogP contribution in [0.4, 0.5) is 5.82 Å². The Morgan fingerprint density at radius 2 is 2.24 bits per heavy atom. The SMILES string of the molecule is COCc1cncc(C(=O)N2C[C@@H](OC)C[C@H]2Cn2ccc(N)n2)c1. The van der Waals surface area contributed by atoms with E-state index in [4.69, 9.17) is 15.2 Å². The van der Waals surface area contributed by atoms with Crippen molar-refractivity contribution in [3.8, 4) is 0 Å². The van der Waals surface area contributed by atoms with Crippen molar-refractivity contribution in [1.29, 1.82) is 0 Å². The number of carbonyl (C=O) groups is 1. The molecule has 25 heavy (non-hydrogen) atoms. The zero-order valence-electron chi connectivity index (χ0n) is 14.5. The number of nitrogens with two attached hydrogens (primary N) is 1. The highest BCUT2D eigenvalue weighted by Crippen LogP contribution is 2.24. The van der Waals surface area contributed by atoms with Gasteiger partial charge in [0.1, 0.15) is 5.82 Å². The third-order valence-corrected chi connectivity index (χ3v) is 4.38. The summed E-state index contributed by atoms with van der Waals surface area (Å²) in [6.45, 7) is 1.55. The number of anilines is 1. The number of hydrogen-bond donors (Lipinski definition) is 1. The molecule has 1 fully saturated rings. The predicted molar refractivity (Wildman–Crippen MR) is 91.8 cm³/mol. The second kappa shape index (κ2) is 7.62. The molecule has 8 nitrogen and oxygen atoms in total. The molecule has 0 saturated carbocycles. The molecule has 1 amide bonds. The van der Waals surface area contributed by atoms with Crippen LogP contribution in [0.3, 0.4) is 0 Å². The molecule has 0 radical (unpaired) electrons. The lowest BCUT2D eigenvalue weighted by molar-refractivity contribution is 0.0678. The highest BCUT2D eigenvalue weighted by Gasteiger charge is 2.36. The van der Waals surface area contributed by atoms with E-state index in [0.717, 1.165) is 12.0 Å². The van der Waals surface area contributed by atoms with Crippen molar-refractivity contribution < 1.29 is 14.3 Å². The van der Waals surface area contributed by atoms with E-state index in [2.05, 4.69) is 10.1 Å². The average molecular weight is 345 g/mol. The number of amides is 1. The lowest BCUT2D eigenvalue weighted by Gasteiger charge is -2.24. The van der Waals surface area contributed by atoms with Gasteiger partial charge in [-0.1, -0.05) is 0 Å². The molecule has 8 heteroatoms. The molecule has 134 valence electrons. The van der Waals surface area contributed by atoms with Crippen molar-refractivity contribution in [1.82, 2.24) is 19.7 Å². The van der Waals surface area contributed by atoms with Gasteiger partial charge in [0, 0.05) is 39.4 Å². The van der Waals surface area contributed by atoms with Gasteiger partial charge >= 0.3 is 0 Å². The van der Waals surface area contributed by atoms with E-state index in [0.29, 0.717) is 31.1 Å². The highest BCUT2D eigenvalue weighted by atomic mass is 16.5. The lowest BCUT2D eigenvalue weighted by Crippen LogP contribution is -2.38. The number of aromatic nitrogens is 3. The van der Waals surface area contributed by atoms with Crippen LogP contribution in [0.25, 0.3) is 0 Å². The van der Waals surface area contributed by atoms with E-state index in [1.54, 1.807) is 37.4 Å². The van der Waals surface area contributed by atoms with Crippen LogP contribution in [0.15, 0.2) is 30.7 Å². The minimum absolute atomic E-state index is 0.0111. The van der Waals surface area contributed by atoms with Gasteiger partial charge < -0.3 is 20.1 Å².